The van der Waals surface area contributed by atoms with Crippen molar-refractivity contribution in [2.45, 2.75) is 25.3 Å². The van der Waals surface area contributed by atoms with E-state index in [1.807, 2.05) is 0 Å². The van der Waals surface area contributed by atoms with Gasteiger partial charge in [-0.05, 0) is 31.7 Å². The minimum atomic E-state index is 0.342. The summed E-state index contributed by atoms with van der Waals surface area (Å²) < 4.78 is 0. The number of hydrogen-bond donors (Lipinski definition) is 3. The zero-order valence-electron chi connectivity index (χ0n) is 8.45. The highest BCUT2D eigenvalue weighted by Gasteiger charge is 2.34. The third-order valence-corrected chi connectivity index (χ3v) is 3.05. The molecule has 14 heavy (non-hydrogen) atoms. The van der Waals surface area contributed by atoms with Crippen LogP contribution in [0.25, 0.3) is 0 Å². The smallest absolute Gasteiger partial charge is 0.203 e. The molecule has 0 aromatic carbocycles. The number of guanidine groups is 1. The first-order valence-electron chi connectivity index (χ1n) is 5.30. The lowest BCUT2D eigenvalue weighted by Crippen LogP contribution is -2.37. The van der Waals surface area contributed by atoms with E-state index >= 15 is 0 Å². The third-order valence-electron chi connectivity index (χ3n) is 3.05. The van der Waals surface area contributed by atoms with Gasteiger partial charge in [0.15, 0.2) is 0 Å². The average Bonchev–Trinajstić information content (AvgIpc) is 2.95. The standard InChI is InChI=1S/C9H19N5/c10-9(13-11)12-5-7-3-4-14(6-7)8-1-2-8/h7-8H,1-6,11H2,(H3,10,12,13). The molecule has 2 fully saturated rings. The predicted octanol–water partition coefficient (Wildman–Crippen LogP) is -0.751. The van der Waals surface area contributed by atoms with E-state index in [1.165, 1.54) is 32.4 Å². The molecule has 0 aromatic heterocycles. The van der Waals surface area contributed by atoms with E-state index in [0.29, 0.717) is 11.9 Å². The highest BCUT2D eigenvalue weighted by Crippen LogP contribution is 2.31. The van der Waals surface area contributed by atoms with Gasteiger partial charge in [-0.1, -0.05) is 0 Å². The molecule has 0 amide bonds. The molecular weight excluding hydrogens is 178 g/mol. The first-order chi connectivity index (χ1) is 6.79. The molecule has 1 saturated carbocycles. The van der Waals surface area contributed by atoms with Crippen LogP contribution in [0.1, 0.15) is 19.3 Å². The second-order valence-electron chi connectivity index (χ2n) is 4.25. The van der Waals surface area contributed by atoms with Gasteiger partial charge in [0.1, 0.15) is 0 Å². The van der Waals surface area contributed by atoms with E-state index in [9.17, 15) is 0 Å². The molecule has 80 valence electrons. The fourth-order valence-corrected chi connectivity index (χ4v) is 2.06. The molecule has 1 saturated heterocycles. The second-order valence-corrected chi connectivity index (χ2v) is 4.25. The van der Waals surface area contributed by atoms with Gasteiger partial charge in [0.2, 0.25) is 5.96 Å². The molecule has 0 aromatic rings. The summed E-state index contributed by atoms with van der Waals surface area (Å²) in [4.78, 5) is 6.75. The molecule has 1 unspecified atom stereocenters. The lowest BCUT2D eigenvalue weighted by atomic mass is 10.1. The number of nitrogens with zero attached hydrogens (tertiary/aromatic N) is 2. The Morgan fingerprint density at radius 2 is 2.21 bits per heavy atom. The minimum absolute atomic E-state index is 0.342. The summed E-state index contributed by atoms with van der Waals surface area (Å²) in [5, 5.41) is 0. The van der Waals surface area contributed by atoms with Gasteiger partial charge >= 0.3 is 0 Å². The monoisotopic (exact) mass is 197 g/mol. The van der Waals surface area contributed by atoms with Crippen LogP contribution in [0.15, 0.2) is 4.99 Å². The van der Waals surface area contributed by atoms with Crippen molar-refractivity contribution in [1.29, 1.82) is 0 Å². The molecule has 1 atom stereocenters. The van der Waals surface area contributed by atoms with Crippen LogP contribution in [0.2, 0.25) is 0 Å². The third kappa shape index (κ3) is 2.36. The van der Waals surface area contributed by atoms with E-state index in [1.54, 1.807) is 0 Å². The summed E-state index contributed by atoms with van der Waals surface area (Å²) in [5.74, 6) is 6.14. The number of hydrogen-bond acceptors (Lipinski definition) is 3. The molecule has 2 aliphatic rings. The highest BCUT2D eigenvalue weighted by molar-refractivity contribution is 5.77. The Bertz CT molecular complexity index is 223. The van der Waals surface area contributed by atoms with Crippen LogP contribution in [0, 0.1) is 5.92 Å². The van der Waals surface area contributed by atoms with E-state index in [0.717, 1.165) is 12.6 Å². The summed E-state index contributed by atoms with van der Waals surface area (Å²) in [6.45, 7) is 3.23. The van der Waals surface area contributed by atoms with Crippen molar-refractivity contribution in [3.05, 3.63) is 0 Å². The molecule has 1 aliphatic heterocycles. The summed E-state index contributed by atoms with van der Waals surface area (Å²) >= 11 is 0. The molecule has 0 spiro atoms. The van der Waals surface area contributed by atoms with Crippen LogP contribution in [-0.2, 0) is 0 Å². The number of hydrazine groups is 1. The zero-order valence-corrected chi connectivity index (χ0v) is 8.45. The average molecular weight is 197 g/mol. The Kier molecular flexibility index (Phi) is 2.88. The van der Waals surface area contributed by atoms with Gasteiger partial charge in [-0.2, -0.15) is 0 Å². The maximum absolute atomic E-state index is 5.46. The SMILES string of the molecule is NNC(N)=NCC1CCN(C2CC2)C1. The van der Waals surface area contributed by atoms with Crippen LogP contribution in [0.3, 0.4) is 0 Å². The molecule has 5 nitrogen and oxygen atoms in total. The van der Waals surface area contributed by atoms with E-state index < -0.39 is 0 Å². The molecule has 2 rings (SSSR count). The molecule has 1 aliphatic carbocycles. The van der Waals surface area contributed by atoms with E-state index in [4.69, 9.17) is 11.6 Å². The van der Waals surface area contributed by atoms with Crippen LogP contribution in [0.4, 0.5) is 0 Å². The van der Waals surface area contributed by atoms with Crippen molar-refractivity contribution < 1.29 is 0 Å². The van der Waals surface area contributed by atoms with Gasteiger partial charge in [0.05, 0.1) is 0 Å². The van der Waals surface area contributed by atoms with Crippen molar-refractivity contribution >= 4 is 5.96 Å². The summed E-state index contributed by atoms with van der Waals surface area (Å²) in [7, 11) is 0. The lowest BCUT2D eigenvalue weighted by Gasteiger charge is -2.13. The van der Waals surface area contributed by atoms with Crippen molar-refractivity contribution in [3.63, 3.8) is 0 Å². The van der Waals surface area contributed by atoms with Crippen molar-refractivity contribution in [2.24, 2.45) is 22.5 Å². The fourth-order valence-electron chi connectivity index (χ4n) is 2.06. The van der Waals surface area contributed by atoms with Gasteiger partial charge in [-0.3, -0.25) is 10.4 Å². The molecule has 5 N–H and O–H groups in total. The first kappa shape index (κ1) is 9.73. The molecule has 1 heterocycles. The van der Waals surface area contributed by atoms with Crippen LogP contribution in [0.5, 0.6) is 0 Å². The number of nitrogens with two attached hydrogens (primary N) is 2. The Hall–Kier alpha value is -0.810. The fraction of sp³-hybridized carbons (Fsp3) is 0.889. The van der Waals surface area contributed by atoms with Crippen molar-refractivity contribution in [1.82, 2.24) is 10.3 Å². The minimum Gasteiger partial charge on any atom is -0.369 e. The Morgan fingerprint density at radius 3 is 2.86 bits per heavy atom. The van der Waals surface area contributed by atoms with E-state index in [2.05, 4.69) is 15.3 Å². The molecule has 5 heteroatoms. The second kappa shape index (κ2) is 4.14. The Balaban J connectivity index is 1.72. The summed E-state index contributed by atoms with van der Waals surface area (Å²) in [5.41, 5.74) is 7.81. The Labute approximate surface area is 84.5 Å². The zero-order chi connectivity index (χ0) is 9.97. The largest absolute Gasteiger partial charge is 0.369 e. The summed E-state index contributed by atoms with van der Waals surface area (Å²) in [6.07, 6.45) is 4.03. The number of rotatable bonds is 3. The molecule has 0 radical (unpaired) electrons. The molecular formula is C9H19N5. The van der Waals surface area contributed by atoms with Crippen LogP contribution >= 0.6 is 0 Å². The summed E-state index contributed by atoms with van der Waals surface area (Å²) in [6, 6.07) is 0.883. The topological polar surface area (TPSA) is 79.7 Å². The van der Waals surface area contributed by atoms with Gasteiger partial charge in [0, 0.05) is 19.1 Å². The van der Waals surface area contributed by atoms with E-state index in [-0.39, 0.29) is 0 Å². The van der Waals surface area contributed by atoms with Crippen molar-refractivity contribution in [3.8, 4) is 0 Å². The molecule has 0 bridgehead atoms. The number of likely N-dealkylation sites (tertiary alicyclic amines) is 1. The maximum atomic E-state index is 5.46. The van der Waals surface area contributed by atoms with Gasteiger partial charge < -0.3 is 10.6 Å². The van der Waals surface area contributed by atoms with Crippen molar-refractivity contribution in [2.75, 3.05) is 19.6 Å². The number of aliphatic imine (C=N–C) groups is 1. The number of nitrogens with one attached hydrogen (secondary N) is 1. The Morgan fingerprint density at radius 1 is 1.43 bits per heavy atom. The quantitative estimate of drug-likeness (QED) is 0.241. The maximum Gasteiger partial charge on any atom is 0.203 e. The van der Waals surface area contributed by atoms with Crippen LogP contribution in [-0.4, -0.2) is 36.5 Å². The predicted molar refractivity (Wildman–Crippen MR) is 56.5 cm³/mol. The lowest BCUT2D eigenvalue weighted by molar-refractivity contribution is 0.315. The normalized spacial score (nSPS) is 29.5. The van der Waals surface area contributed by atoms with Gasteiger partial charge in [0.25, 0.3) is 0 Å². The van der Waals surface area contributed by atoms with Gasteiger partial charge in [-0.15, -0.1) is 0 Å². The van der Waals surface area contributed by atoms with Crippen LogP contribution < -0.4 is 17.0 Å². The van der Waals surface area contributed by atoms with Gasteiger partial charge in [-0.25, -0.2) is 5.84 Å². The first-order valence-corrected chi connectivity index (χ1v) is 5.30. The highest BCUT2D eigenvalue weighted by atomic mass is 15.3.